The van der Waals surface area contributed by atoms with Crippen molar-refractivity contribution in [3.63, 3.8) is 0 Å². The third kappa shape index (κ3) is 5.59. The van der Waals surface area contributed by atoms with Gasteiger partial charge in [-0.3, -0.25) is 14.4 Å². The number of carboxylic acid groups (broad SMARTS) is 1. The van der Waals surface area contributed by atoms with Crippen molar-refractivity contribution < 1.29 is 55.2 Å². The Morgan fingerprint density at radius 2 is 1.73 bits per heavy atom. The van der Waals surface area contributed by atoms with Gasteiger partial charge in [-0.25, -0.2) is 0 Å². The van der Waals surface area contributed by atoms with E-state index in [2.05, 4.69) is 0 Å². The maximum Gasteiger partial charge on any atom is 0.310 e. The van der Waals surface area contributed by atoms with E-state index < -0.39 is 73.6 Å². The molecule has 200 valence electrons. The molecule has 0 bridgehead atoms. The summed E-state index contributed by atoms with van der Waals surface area (Å²) in [7, 11) is 0. The Bertz CT molecular complexity index is 1240. The lowest BCUT2D eigenvalue weighted by Crippen LogP contribution is -2.53. The number of Topliss-reactive ketones (excluding diaryl/α,β-unsaturated/α-hetero) is 2. The van der Waals surface area contributed by atoms with Crippen molar-refractivity contribution in [2.75, 3.05) is 13.2 Å². The summed E-state index contributed by atoms with van der Waals surface area (Å²) in [6.07, 6.45) is -3.09. The number of ketones is 2. The molecule has 3 rings (SSSR count). The smallest absolute Gasteiger partial charge is 0.310 e. The van der Waals surface area contributed by atoms with Crippen LogP contribution in [0.25, 0.3) is 11.1 Å². The van der Waals surface area contributed by atoms with Gasteiger partial charge in [-0.05, 0) is 41.3 Å². The van der Waals surface area contributed by atoms with Crippen molar-refractivity contribution in [2.24, 2.45) is 5.92 Å². The lowest BCUT2D eigenvalue weighted by atomic mass is 9.68. The molecule has 0 fully saturated rings. The van der Waals surface area contributed by atoms with E-state index in [1.165, 1.54) is 18.2 Å². The molecule has 1 aliphatic rings. The lowest BCUT2D eigenvalue weighted by Gasteiger charge is -2.42. The summed E-state index contributed by atoms with van der Waals surface area (Å²) < 4.78 is 0. The fourth-order valence-corrected chi connectivity index (χ4v) is 5.24. The van der Waals surface area contributed by atoms with E-state index in [0.29, 0.717) is 16.7 Å². The van der Waals surface area contributed by atoms with Crippen LogP contribution in [0.15, 0.2) is 24.3 Å². The SMILES string of the molecule is Cc1c(O)cc(O)cc1-c1ccc(O)c2c1CC(O)(CC(O)(CCO)C(CO)C(=O)CC(=O)O)CC2=O. The molecule has 0 aliphatic heterocycles. The zero-order valence-corrected chi connectivity index (χ0v) is 20.1. The van der Waals surface area contributed by atoms with E-state index in [0.717, 1.165) is 6.07 Å². The average molecular weight is 519 g/mol. The molecule has 3 unspecified atom stereocenters. The first kappa shape index (κ1) is 28.1. The number of hydrogen-bond donors (Lipinski definition) is 8. The van der Waals surface area contributed by atoms with Crippen molar-refractivity contribution in [3.8, 4) is 28.4 Å². The van der Waals surface area contributed by atoms with Crippen LogP contribution in [0, 0.1) is 12.8 Å². The van der Waals surface area contributed by atoms with Crippen LogP contribution in [0.2, 0.25) is 0 Å². The summed E-state index contributed by atoms with van der Waals surface area (Å²) in [5, 5.41) is 81.9. The van der Waals surface area contributed by atoms with E-state index >= 15 is 0 Å². The van der Waals surface area contributed by atoms with Gasteiger partial charge in [-0.1, -0.05) is 6.07 Å². The molecule has 0 amide bonds. The van der Waals surface area contributed by atoms with Gasteiger partial charge >= 0.3 is 5.97 Å². The van der Waals surface area contributed by atoms with Crippen molar-refractivity contribution in [3.05, 3.63) is 41.0 Å². The average Bonchev–Trinajstić information content (AvgIpc) is 2.75. The third-order valence-corrected chi connectivity index (χ3v) is 6.95. The second-order valence-corrected chi connectivity index (χ2v) is 9.65. The number of carbonyl (C=O) groups excluding carboxylic acids is 2. The van der Waals surface area contributed by atoms with Crippen LogP contribution >= 0.6 is 0 Å². The Labute approximate surface area is 211 Å². The molecule has 11 nitrogen and oxygen atoms in total. The minimum absolute atomic E-state index is 0.0873. The second kappa shape index (κ2) is 10.5. The summed E-state index contributed by atoms with van der Waals surface area (Å²) in [6, 6.07) is 5.19. The van der Waals surface area contributed by atoms with Gasteiger partial charge in [0.25, 0.3) is 0 Å². The largest absolute Gasteiger partial charge is 0.508 e. The van der Waals surface area contributed by atoms with Crippen LogP contribution in [0.4, 0.5) is 0 Å². The summed E-state index contributed by atoms with van der Waals surface area (Å²) in [6.45, 7) is -0.0566. The first-order valence-electron chi connectivity index (χ1n) is 11.6. The number of aromatic hydroxyl groups is 3. The van der Waals surface area contributed by atoms with Gasteiger partial charge < -0.3 is 40.9 Å². The van der Waals surface area contributed by atoms with Crippen LogP contribution in [0.5, 0.6) is 17.2 Å². The molecule has 2 aromatic rings. The number of aliphatic hydroxyl groups excluding tert-OH is 2. The van der Waals surface area contributed by atoms with Crippen LogP contribution in [-0.4, -0.2) is 82.8 Å². The molecule has 1 aliphatic carbocycles. The van der Waals surface area contributed by atoms with Gasteiger partial charge in [0.1, 0.15) is 23.7 Å². The number of aliphatic carboxylic acids is 1. The molecule has 0 saturated heterocycles. The van der Waals surface area contributed by atoms with Gasteiger partial charge in [-0.15, -0.1) is 0 Å². The molecule has 0 saturated carbocycles. The maximum absolute atomic E-state index is 13.1. The zero-order chi connectivity index (χ0) is 27.7. The molecule has 0 heterocycles. The van der Waals surface area contributed by atoms with Gasteiger partial charge in [0, 0.05) is 38.4 Å². The van der Waals surface area contributed by atoms with E-state index in [1.807, 2.05) is 0 Å². The van der Waals surface area contributed by atoms with E-state index in [4.69, 9.17) is 5.11 Å². The normalized spacial score (nSPS) is 19.6. The summed E-state index contributed by atoms with van der Waals surface area (Å²) in [5.74, 6) is -5.70. The molecule has 11 heteroatoms. The Hall–Kier alpha value is -3.51. The predicted octanol–water partition coefficient (Wildman–Crippen LogP) is 0.795. The molecular weight excluding hydrogens is 488 g/mol. The van der Waals surface area contributed by atoms with Gasteiger partial charge in [0.2, 0.25) is 0 Å². The van der Waals surface area contributed by atoms with Gasteiger partial charge in [0.05, 0.1) is 29.3 Å². The highest BCUT2D eigenvalue weighted by Crippen LogP contribution is 2.45. The second-order valence-electron chi connectivity index (χ2n) is 9.65. The molecule has 0 spiro atoms. The van der Waals surface area contributed by atoms with Crippen LogP contribution in [-0.2, 0) is 16.0 Å². The highest BCUT2D eigenvalue weighted by molar-refractivity contribution is 6.04. The number of carbonyl (C=O) groups is 3. The molecular formula is C26H30O11. The number of benzene rings is 2. The Morgan fingerprint density at radius 3 is 2.32 bits per heavy atom. The summed E-state index contributed by atoms with van der Waals surface area (Å²) >= 11 is 0. The Kier molecular flexibility index (Phi) is 7.94. The number of carboxylic acids is 1. The molecule has 0 aromatic heterocycles. The van der Waals surface area contributed by atoms with Gasteiger partial charge in [0.15, 0.2) is 11.6 Å². The molecule has 37 heavy (non-hydrogen) atoms. The number of phenolic OH excluding ortho intramolecular Hbond substituents is 3. The highest BCUT2D eigenvalue weighted by Gasteiger charge is 2.49. The monoisotopic (exact) mass is 518 g/mol. The fourth-order valence-electron chi connectivity index (χ4n) is 5.24. The number of fused-ring (bicyclic) bond motifs is 1. The summed E-state index contributed by atoms with van der Waals surface area (Å²) in [5.41, 5.74) is -3.23. The van der Waals surface area contributed by atoms with Crippen molar-refractivity contribution >= 4 is 17.5 Å². The van der Waals surface area contributed by atoms with Crippen molar-refractivity contribution in [2.45, 2.75) is 50.2 Å². The highest BCUT2D eigenvalue weighted by atomic mass is 16.4. The molecule has 0 radical (unpaired) electrons. The van der Waals surface area contributed by atoms with Gasteiger partial charge in [-0.2, -0.15) is 0 Å². The Balaban J connectivity index is 2.11. The minimum atomic E-state index is -2.27. The maximum atomic E-state index is 13.1. The third-order valence-electron chi connectivity index (χ3n) is 6.95. The minimum Gasteiger partial charge on any atom is -0.508 e. The van der Waals surface area contributed by atoms with E-state index in [9.17, 15) is 50.1 Å². The zero-order valence-electron chi connectivity index (χ0n) is 20.1. The Morgan fingerprint density at radius 1 is 1.05 bits per heavy atom. The topological polar surface area (TPSA) is 213 Å². The number of rotatable bonds is 10. The van der Waals surface area contributed by atoms with E-state index in [-0.39, 0.29) is 34.8 Å². The summed E-state index contributed by atoms with van der Waals surface area (Å²) in [4.78, 5) is 36.7. The molecule has 3 atom stereocenters. The number of hydrogen-bond acceptors (Lipinski definition) is 10. The number of phenols is 3. The van der Waals surface area contributed by atoms with Crippen LogP contribution in [0.1, 0.15) is 47.2 Å². The first-order valence-corrected chi connectivity index (χ1v) is 11.6. The molecule has 2 aromatic carbocycles. The van der Waals surface area contributed by atoms with Crippen molar-refractivity contribution in [1.29, 1.82) is 0 Å². The fraction of sp³-hybridized carbons (Fsp3) is 0.423. The molecule has 8 N–H and O–H groups in total. The van der Waals surface area contributed by atoms with Crippen LogP contribution < -0.4 is 0 Å². The first-order chi connectivity index (χ1) is 17.2. The predicted molar refractivity (Wildman–Crippen MR) is 128 cm³/mol. The quantitative estimate of drug-likeness (QED) is 0.206. The van der Waals surface area contributed by atoms with E-state index in [1.54, 1.807) is 6.92 Å². The lowest BCUT2D eigenvalue weighted by molar-refractivity contribution is -0.151. The van der Waals surface area contributed by atoms with Crippen molar-refractivity contribution in [1.82, 2.24) is 0 Å². The standard InChI is InChI=1S/C26H30O11/c1-13-16(6-14(29)7-20(13)31)15-2-3-19(30)24-17(15)9-25(36,10-22(24)33)12-26(37,4-5-27)18(11-28)21(32)8-23(34)35/h2-3,6-7,18,27-31,36-37H,4-5,8-12H2,1H3,(H,34,35). The van der Waals surface area contributed by atoms with Crippen LogP contribution in [0.3, 0.4) is 0 Å². The number of aliphatic hydroxyl groups is 4.